The number of hydrogen-bond acceptors (Lipinski definition) is 3. The first-order valence-corrected chi connectivity index (χ1v) is 8.42. The highest BCUT2D eigenvalue weighted by molar-refractivity contribution is 5.91. The summed E-state index contributed by atoms with van der Waals surface area (Å²) in [4.78, 5) is 16.5. The van der Waals surface area contributed by atoms with Gasteiger partial charge in [0.25, 0.3) is 0 Å². The number of carbonyl (C=O) groups excluding carboxylic acids is 1. The van der Waals surface area contributed by atoms with Crippen molar-refractivity contribution >= 4 is 11.7 Å². The van der Waals surface area contributed by atoms with Crippen LogP contribution in [0.15, 0.2) is 60.9 Å². The molecular formula is C20H22N4O. The van der Waals surface area contributed by atoms with Crippen molar-refractivity contribution in [3.8, 4) is 0 Å². The van der Waals surface area contributed by atoms with Gasteiger partial charge < -0.3 is 5.32 Å². The van der Waals surface area contributed by atoms with E-state index in [4.69, 9.17) is 0 Å². The summed E-state index contributed by atoms with van der Waals surface area (Å²) in [7, 11) is 0. The molecule has 0 aliphatic carbocycles. The standard InChI is InChI=1S/C20H22N4O/c1-15(2)17-8-6-16(7-9-17)13-20(25)22-19-10-12-24(23-19)14-18-5-3-4-11-21-18/h3-12,15H,13-14H2,1-2H3,(H,22,23,25). The van der Waals surface area contributed by atoms with Crippen molar-refractivity contribution in [1.29, 1.82) is 0 Å². The van der Waals surface area contributed by atoms with Crippen molar-refractivity contribution < 1.29 is 4.79 Å². The molecule has 128 valence electrons. The molecule has 3 aromatic rings. The van der Waals surface area contributed by atoms with Gasteiger partial charge in [-0.1, -0.05) is 44.2 Å². The smallest absolute Gasteiger partial charge is 0.229 e. The van der Waals surface area contributed by atoms with Crippen LogP contribution in [0.4, 0.5) is 5.82 Å². The summed E-state index contributed by atoms with van der Waals surface area (Å²) in [6.45, 7) is 4.89. The molecule has 0 saturated carbocycles. The predicted molar refractivity (Wildman–Crippen MR) is 98.4 cm³/mol. The Kier molecular flexibility index (Phi) is 5.23. The molecule has 0 saturated heterocycles. The number of aromatic nitrogens is 3. The van der Waals surface area contributed by atoms with Crippen molar-refractivity contribution in [2.24, 2.45) is 0 Å². The maximum atomic E-state index is 12.2. The molecule has 0 unspecified atom stereocenters. The number of hydrogen-bond donors (Lipinski definition) is 1. The first-order valence-electron chi connectivity index (χ1n) is 8.42. The maximum absolute atomic E-state index is 12.2. The van der Waals surface area contributed by atoms with Crippen LogP contribution in [0.3, 0.4) is 0 Å². The molecule has 1 N–H and O–H groups in total. The molecular weight excluding hydrogens is 312 g/mol. The number of carbonyl (C=O) groups is 1. The summed E-state index contributed by atoms with van der Waals surface area (Å²) < 4.78 is 1.76. The summed E-state index contributed by atoms with van der Waals surface area (Å²) in [6, 6.07) is 15.7. The van der Waals surface area contributed by atoms with Crippen LogP contribution in [-0.4, -0.2) is 20.7 Å². The molecule has 2 aromatic heterocycles. The van der Waals surface area contributed by atoms with Crippen molar-refractivity contribution in [1.82, 2.24) is 14.8 Å². The van der Waals surface area contributed by atoms with Crippen LogP contribution in [-0.2, 0) is 17.8 Å². The molecule has 0 aliphatic rings. The topological polar surface area (TPSA) is 59.8 Å². The Labute approximate surface area is 147 Å². The van der Waals surface area contributed by atoms with Crippen molar-refractivity contribution in [2.45, 2.75) is 32.7 Å². The summed E-state index contributed by atoms with van der Waals surface area (Å²) >= 11 is 0. The zero-order chi connectivity index (χ0) is 17.6. The normalized spacial score (nSPS) is 10.8. The third-order valence-electron chi connectivity index (χ3n) is 3.97. The van der Waals surface area contributed by atoms with E-state index < -0.39 is 0 Å². The molecule has 1 aromatic carbocycles. The Bertz CT molecular complexity index is 822. The largest absolute Gasteiger partial charge is 0.309 e. The van der Waals surface area contributed by atoms with Gasteiger partial charge in [-0.25, -0.2) is 0 Å². The van der Waals surface area contributed by atoms with E-state index in [2.05, 4.69) is 41.4 Å². The number of anilines is 1. The summed E-state index contributed by atoms with van der Waals surface area (Å²) in [5.41, 5.74) is 3.20. The average molecular weight is 334 g/mol. The molecule has 25 heavy (non-hydrogen) atoms. The third kappa shape index (κ3) is 4.76. The summed E-state index contributed by atoms with van der Waals surface area (Å²) in [5, 5.41) is 7.21. The fourth-order valence-electron chi connectivity index (χ4n) is 2.57. The zero-order valence-corrected chi connectivity index (χ0v) is 14.5. The number of amides is 1. The van der Waals surface area contributed by atoms with Crippen LogP contribution in [0.25, 0.3) is 0 Å². The molecule has 0 fully saturated rings. The van der Waals surface area contributed by atoms with Gasteiger partial charge >= 0.3 is 0 Å². The fourth-order valence-corrected chi connectivity index (χ4v) is 2.57. The van der Waals surface area contributed by atoms with Gasteiger partial charge in [0.1, 0.15) is 0 Å². The molecule has 1 amide bonds. The Morgan fingerprint density at radius 2 is 1.92 bits per heavy atom. The predicted octanol–water partition coefficient (Wildman–Crippen LogP) is 3.63. The highest BCUT2D eigenvalue weighted by Gasteiger charge is 2.07. The first-order chi connectivity index (χ1) is 12.1. The van der Waals surface area contributed by atoms with Gasteiger partial charge in [0, 0.05) is 18.5 Å². The van der Waals surface area contributed by atoms with Gasteiger partial charge in [-0.05, 0) is 29.2 Å². The monoisotopic (exact) mass is 334 g/mol. The second kappa shape index (κ2) is 7.75. The second-order valence-corrected chi connectivity index (χ2v) is 6.34. The third-order valence-corrected chi connectivity index (χ3v) is 3.97. The lowest BCUT2D eigenvalue weighted by Gasteiger charge is -2.07. The van der Waals surface area contributed by atoms with E-state index in [0.29, 0.717) is 24.7 Å². The molecule has 3 rings (SSSR count). The van der Waals surface area contributed by atoms with Crippen LogP contribution in [0.2, 0.25) is 0 Å². The van der Waals surface area contributed by atoms with Gasteiger partial charge in [0.2, 0.25) is 5.91 Å². The summed E-state index contributed by atoms with van der Waals surface area (Å²) in [5.74, 6) is 0.978. The fraction of sp³-hybridized carbons (Fsp3) is 0.250. The molecule has 0 bridgehead atoms. The van der Waals surface area contributed by atoms with E-state index in [0.717, 1.165) is 11.3 Å². The second-order valence-electron chi connectivity index (χ2n) is 6.34. The van der Waals surface area contributed by atoms with Crippen LogP contribution in [0.5, 0.6) is 0 Å². The minimum atomic E-state index is -0.0691. The van der Waals surface area contributed by atoms with Gasteiger partial charge in [0.15, 0.2) is 5.82 Å². The Morgan fingerprint density at radius 3 is 2.60 bits per heavy atom. The highest BCUT2D eigenvalue weighted by Crippen LogP contribution is 2.15. The number of benzene rings is 1. The van der Waals surface area contributed by atoms with E-state index in [1.807, 2.05) is 36.5 Å². The number of nitrogens with one attached hydrogen (secondary N) is 1. The van der Waals surface area contributed by atoms with E-state index >= 15 is 0 Å². The molecule has 0 atom stereocenters. The van der Waals surface area contributed by atoms with E-state index in [1.165, 1.54) is 5.56 Å². The van der Waals surface area contributed by atoms with Crippen LogP contribution in [0, 0.1) is 0 Å². The van der Waals surface area contributed by atoms with Crippen molar-refractivity contribution in [2.75, 3.05) is 5.32 Å². The first kappa shape index (κ1) is 16.9. The van der Waals surface area contributed by atoms with E-state index in [1.54, 1.807) is 16.9 Å². The lowest BCUT2D eigenvalue weighted by molar-refractivity contribution is -0.115. The quantitative estimate of drug-likeness (QED) is 0.749. The number of nitrogens with zero attached hydrogens (tertiary/aromatic N) is 3. The van der Waals surface area contributed by atoms with Crippen molar-refractivity contribution in [3.63, 3.8) is 0 Å². The van der Waals surface area contributed by atoms with Gasteiger partial charge in [-0.3, -0.25) is 14.5 Å². The highest BCUT2D eigenvalue weighted by atomic mass is 16.1. The number of rotatable bonds is 6. The van der Waals surface area contributed by atoms with Gasteiger partial charge in [-0.2, -0.15) is 5.10 Å². The van der Waals surface area contributed by atoms with Crippen LogP contribution in [0.1, 0.15) is 36.6 Å². The number of pyridine rings is 1. The van der Waals surface area contributed by atoms with Gasteiger partial charge in [0.05, 0.1) is 18.7 Å². The Balaban J connectivity index is 1.56. The molecule has 0 aliphatic heterocycles. The Morgan fingerprint density at radius 1 is 1.12 bits per heavy atom. The van der Waals surface area contributed by atoms with Gasteiger partial charge in [-0.15, -0.1) is 0 Å². The molecule has 0 spiro atoms. The Hall–Kier alpha value is -2.95. The minimum absolute atomic E-state index is 0.0691. The van der Waals surface area contributed by atoms with E-state index in [9.17, 15) is 4.79 Å². The van der Waals surface area contributed by atoms with Crippen LogP contribution < -0.4 is 5.32 Å². The SMILES string of the molecule is CC(C)c1ccc(CC(=O)Nc2ccn(Cc3ccccn3)n2)cc1. The van der Waals surface area contributed by atoms with E-state index in [-0.39, 0.29) is 5.91 Å². The molecule has 0 radical (unpaired) electrons. The van der Waals surface area contributed by atoms with Crippen LogP contribution >= 0.6 is 0 Å². The lowest BCUT2D eigenvalue weighted by atomic mass is 10.0. The minimum Gasteiger partial charge on any atom is -0.309 e. The molecule has 5 heteroatoms. The average Bonchev–Trinajstić information content (AvgIpc) is 3.03. The zero-order valence-electron chi connectivity index (χ0n) is 14.5. The molecule has 2 heterocycles. The summed E-state index contributed by atoms with van der Waals surface area (Å²) in [6.07, 6.45) is 3.93. The lowest BCUT2D eigenvalue weighted by Crippen LogP contribution is -2.15. The molecule has 5 nitrogen and oxygen atoms in total. The maximum Gasteiger partial charge on any atom is 0.229 e. The van der Waals surface area contributed by atoms with Crippen molar-refractivity contribution in [3.05, 3.63) is 77.7 Å².